The van der Waals surface area contributed by atoms with Gasteiger partial charge < -0.3 is 4.90 Å². The minimum absolute atomic E-state index is 1.02. The van der Waals surface area contributed by atoms with Gasteiger partial charge in [0.1, 0.15) is 0 Å². The van der Waals surface area contributed by atoms with Gasteiger partial charge in [-0.1, -0.05) is 54.6 Å². The van der Waals surface area contributed by atoms with Crippen molar-refractivity contribution in [2.75, 3.05) is 18.0 Å². The van der Waals surface area contributed by atoms with Gasteiger partial charge in [-0.2, -0.15) is 0 Å². The lowest BCUT2D eigenvalue weighted by atomic mass is 9.98. The van der Waals surface area contributed by atoms with Crippen LogP contribution in [0.15, 0.2) is 66.7 Å². The molecule has 1 nitrogen and oxygen atoms in total. The predicted octanol–water partition coefficient (Wildman–Crippen LogP) is 5.35. The van der Waals surface area contributed by atoms with E-state index >= 15 is 0 Å². The van der Waals surface area contributed by atoms with Gasteiger partial charge in [0.05, 0.1) is 0 Å². The third-order valence-corrected chi connectivity index (χ3v) is 4.05. The van der Waals surface area contributed by atoms with E-state index < -0.39 is 0 Å². The Balaban J connectivity index is 2.26. The fourth-order valence-corrected chi connectivity index (χ4v) is 2.90. The summed E-state index contributed by atoms with van der Waals surface area (Å²) in [7, 11) is 0. The molecular weight excluding hydrogens is 254 g/mol. The summed E-state index contributed by atoms with van der Waals surface area (Å²) in [5, 5.41) is 2.60. The molecule has 0 spiro atoms. The number of hydrogen-bond donors (Lipinski definition) is 0. The molecule has 3 rings (SSSR count). The molecule has 0 fully saturated rings. The minimum atomic E-state index is 1.02. The van der Waals surface area contributed by atoms with E-state index in [4.69, 9.17) is 0 Å². The van der Waals surface area contributed by atoms with Crippen LogP contribution < -0.4 is 4.90 Å². The summed E-state index contributed by atoms with van der Waals surface area (Å²) >= 11 is 0. The molecule has 0 aliphatic heterocycles. The molecule has 3 aromatic rings. The highest BCUT2D eigenvalue weighted by Crippen LogP contribution is 2.34. The van der Waals surface area contributed by atoms with Gasteiger partial charge in [-0.15, -0.1) is 0 Å². The van der Waals surface area contributed by atoms with Crippen LogP contribution in [0.25, 0.3) is 21.9 Å². The first-order valence-electron chi connectivity index (χ1n) is 7.66. The number of rotatable bonds is 4. The second-order valence-electron chi connectivity index (χ2n) is 5.25. The molecule has 21 heavy (non-hydrogen) atoms. The van der Waals surface area contributed by atoms with E-state index in [0.717, 1.165) is 13.1 Å². The largest absolute Gasteiger partial charge is 0.372 e. The zero-order valence-corrected chi connectivity index (χ0v) is 12.7. The van der Waals surface area contributed by atoms with Crippen molar-refractivity contribution in [3.63, 3.8) is 0 Å². The highest BCUT2D eigenvalue weighted by molar-refractivity contribution is 5.94. The summed E-state index contributed by atoms with van der Waals surface area (Å²) < 4.78 is 0. The fourth-order valence-electron chi connectivity index (χ4n) is 2.90. The summed E-state index contributed by atoms with van der Waals surface area (Å²) in [4.78, 5) is 2.43. The summed E-state index contributed by atoms with van der Waals surface area (Å²) in [6.45, 7) is 6.48. The highest BCUT2D eigenvalue weighted by atomic mass is 15.1. The molecule has 1 heteroatoms. The molecule has 3 aromatic carbocycles. The maximum atomic E-state index is 2.43. The third-order valence-electron chi connectivity index (χ3n) is 4.05. The fraction of sp³-hybridized carbons (Fsp3) is 0.200. The zero-order chi connectivity index (χ0) is 14.7. The van der Waals surface area contributed by atoms with Crippen LogP contribution in [0.2, 0.25) is 0 Å². The quantitative estimate of drug-likeness (QED) is 0.620. The van der Waals surface area contributed by atoms with Crippen LogP contribution in [-0.4, -0.2) is 13.1 Å². The van der Waals surface area contributed by atoms with Crippen molar-refractivity contribution in [2.45, 2.75) is 13.8 Å². The standard InChI is InChI=1S/C20H21N/c1-3-21(4-2)20-15-18-13-9-8-12-17(18)14-19(20)16-10-6-5-7-11-16/h5-15H,3-4H2,1-2H3. The molecule has 106 valence electrons. The van der Waals surface area contributed by atoms with Crippen molar-refractivity contribution in [1.29, 1.82) is 0 Å². The van der Waals surface area contributed by atoms with Crippen molar-refractivity contribution in [3.05, 3.63) is 66.7 Å². The maximum absolute atomic E-state index is 2.43. The second-order valence-corrected chi connectivity index (χ2v) is 5.25. The van der Waals surface area contributed by atoms with Crippen LogP contribution >= 0.6 is 0 Å². The highest BCUT2D eigenvalue weighted by Gasteiger charge is 2.11. The molecule has 0 saturated heterocycles. The van der Waals surface area contributed by atoms with E-state index in [1.807, 2.05) is 0 Å². The lowest BCUT2D eigenvalue weighted by Crippen LogP contribution is -2.22. The Kier molecular flexibility index (Phi) is 3.92. The Morgan fingerprint density at radius 2 is 1.29 bits per heavy atom. The zero-order valence-electron chi connectivity index (χ0n) is 12.7. The van der Waals surface area contributed by atoms with E-state index in [0.29, 0.717) is 0 Å². The van der Waals surface area contributed by atoms with Gasteiger partial charge in [0.2, 0.25) is 0 Å². The minimum Gasteiger partial charge on any atom is -0.372 e. The van der Waals surface area contributed by atoms with Crippen molar-refractivity contribution in [3.8, 4) is 11.1 Å². The number of benzene rings is 3. The maximum Gasteiger partial charge on any atom is 0.0452 e. The molecule has 0 saturated carbocycles. The predicted molar refractivity (Wildman–Crippen MR) is 92.9 cm³/mol. The Morgan fingerprint density at radius 3 is 1.90 bits per heavy atom. The average Bonchev–Trinajstić information content (AvgIpc) is 2.56. The molecule has 0 heterocycles. The molecule has 0 aliphatic carbocycles. The van der Waals surface area contributed by atoms with E-state index in [1.165, 1.54) is 27.6 Å². The van der Waals surface area contributed by atoms with Gasteiger partial charge in [-0.25, -0.2) is 0 Å². The van der Waals surface area contributed by atoms with Crippen LogP contribution in [0.3, 0.4) is 0 Å². The lowest BCUT2D eigenvalue weighted by molar-refractivity contribution is 0.868. The Bertz CT molecular complexity index is 727. The SMILES string of the molecule is CCN(CC)c1cc2ccccc2cc1-c1ccccc1. The topological polar surface area (TPSA) is 3.24 Å². The van der Waals surface area contributed by atoms with Crippen LogP contribution in [0.1, 0.15) is 13.8 Å². The van der Waals surface area contributed by atoms with Crippen molar-refractivity contribution < 1.29 is 0 Å². The Labute approximate surface area is 126 Å². The second kappa shape index (κ2) is 6.01. The summed E-state index contributed by atoms with van der Waals surface area (Å²) in [5.41, 5.74) is 3.92. The van der Waals surface area contributed by atoms with Crippen molar-refractivity contribution in [1.82, 2.24) is 0 Å². The van der Waals surface area contributed by atoms with Crippen LogP contribution in [0.4, 0.5) is 5.69 Å². The first-order valence-corrected chi connectivity index (χ1v) is 7.66. The van der Waals surface area contributed by atoms with Crippen molar-refractivity contribution in [2.24, 2.45) is 0 Å². The van der Waals surface area contributed by atoms with E-state index in [2.05, 4.69) is 85.5 Å². The number of anilines is 1. The molecule has 0 atom stereocenters. The normalized spacial score (nSPS) is 10.8. The lowest BCUT2D eigenvalue weighted by Gasteiger charge is -2.25. The van der Waals surface area contributed by atoms with Gasteiger partial charge in [0.15, 0.2) is 0 Å². The van der Waals surface area contributed by atoms with E-state index in [9.17, 15) is 0 Å². The molecule has 0 bridgehead atoms. The Hall–Kier alpha value is -2.28. The smallest absolute Gasteiger partial charge is 0.0452 e. The summed E-state index contributed by atoms with van der Waals surface area (Å²) in [6.07, 6.45) is 0. The van der Waals surface area contributed by atoms with Crippen LogP contribution in [0.5, 0.6) is 0 Å². The van der Waals surface area contributed by atoms with Gasteiger partial charge in [-0.05, 0) is 42.3 Å². The first kappa shape index (κ1) is 13.7. The summed E-state index contributed by atoms with van der Waals surface area (Å²) in [5.74, 6) is 0. The molecule has 0 amide bonds. The van der Waals surface area contributed by atoms with Crippen molar-refractivity contribution >= 4 is 16.5 Å². The molecule has 0 unspecified atom stereocenters. The number of fused-ring (bicyclic) bond motifs is 1. The molecule has 0 N–H and O–H groups in total. The third kappa shape index (κ3) is 2.64. The van der Waals surface area contributed by atoms with E-state index in [-0.39, 0.29) is 0 Å². The van der Waals surface area contributed by atoms with E-state index in [1.54, 1.807) is 0 Å². The van der Waals surface area contributed by atoms with Gasteiger partial charge >= 0.3 is 0 Å². The van der Waals surface area contributed by atoms with Gasteiger partial charge in [0.25, 0.3) is 0 Å². The van der Waals surface area contributed by atoms with Gasteiger partial charge in [-0.3, -0.25) is 0 Å². The average molecular weight is 275 g/mol. The number of nitrogens with zero attached hydrogens (tertiary/aromatic N) is 1. The molecule has 0 aliphatic rings. The summed E-state index contributed by atoms with van der Waals surface area (Å²) in [6, 6.07) is 23.9. The molecular formula is C20H21N. The first-order chi connectivity index (χ1) is 10.3. The van der Waals surface area contributed by atoms with Gasteiger partial charge in [0, 0.05) is 24.3 Å². The van der Waals surface area contributed by atoms with Crippen LogP contribution in [0, 0.1) is 0 Å². The molecule has 0 radical (unpaired) electrons. The number of hydrogen-bond acceptors (Lipinski definition) is 1. The Morgan fingerprint density at radius 1 is 0.714 bits per heavy atom. The molecule has 0 aromatic heterocycles. The van der Waals surface area contributed by atoms with Crippen LogP contribution in [-0.2, 0) is 0 Å². The monoisotopic (exact) mass is 275 g/mol.